The standard InChI is InChI=1S/C37H33BN2/c1-5-24-13-17-27(18-14-24)39-31-11-7-9-29-30-10-8-12-32-36(30)38(35(29)31)37-33(39)21-26(23(3)4)22-34(37)40(32)28-19-15-25(6-2)16-20-28/h7-23H,5-6H2,1-4H3. The summed E-state index contributed by atoms with van der Waals surface area (Å²) in [7, 11) is 0. The molecule has 0 N–H and O–H groups in total. The number of aryl methyl sites for hydroxylation is 2. The fraction of sp³-hybridized carbons (Fsp3) is 0.189. The van der Waals surface area contributed by atoms with E-state index in [0.29, 0.717) is 5.92 Å². The van der Waals surface area contributed by atoms with Crippen molar-refractivity contribution in [3.63, 3.8) is 0 Å². The highest BCUT2D eigenvalue weighted by Gasteiger charge is 2.48. The van der Waals surface area contributed by atoms with Crippen LogP contribution in [0, 0.1) is 0 Å². The molecule has 0 amide bonds. The van der Waals surface area contributed by atoms with E-state index in [0.717, 1.165) is 12.8 Å². The first kappa shape index (κ1) is 23.6. The number of fused-ring (bicyclic) bond motifs is 1. The summed E-state index contributed by atoms with van der Waals surface area (Å²) in [4.78, 5) is 5.07. The third-order valence-corrected chi connectivity index (χ3v) is 9.32. The van der Waals surface area contributed by atoms with Gasteiger partial charge in [0.05, 0.1) is 0 Å². The van der Waals surface area contributed by atoms with Crippen molar-refractivity contribution in [3.05, 3.63) is 114 Å². The van der Waals surface area contributed by atoms with Crippen LogP contribution in [0.1, 0.15) is 50.3 Å². The lowest BCUT2D eigenvalue weighted by Gasteiger charge is -2.43. The van der Waals surface area contributed by atoms with Gasteiger partial charge in [0.25, 0.3) is 6.71 Å². The molecule has 0 bridgehead atoms. The van der Waals surface area contributed by atoms with Crippen LogP contribution in [0.15, 0.2) is 97.1 Å². The molecule has 0 unspecified atom stereocenters. The summed E-state index contributed by atoms with van der Waals surface area (Å²) in [5, 5.41) is 0. The van der Waals surface area contributed by atoms with Crippen LogP contribution in [0.25, 0.3) is 11.1 Å². The van der Waals surface area contributed by atoms with Crippen LogP contribution >= 0.6 is 0 Å². The maximum atomic E-state index is 2.54. The normalized spacial score (nSPS) is 13.8. The van der Waals surface area contributed by atoms with Crippen molar-refractivity contribution in [2.24, 2.45) is 0 Å². The van der Waals surface area contributed by atoms with Crippen molar-refractivity contribution in [2.45, 2.75) is 46.5 Å². The Morgan fingerprint density at radius 1 is 0.550 bits per heavy atom. The maximum Gasteiger partial charge on any atom is 0.253 e. The van der Waals surface area contributed by atoms with Crippen molar-refractivity contribution in [1.29, 1.82) is 0 Å². The molecule has 0 saturated carbocycles. The number of hydrogen-bond acceptors (Lipinski definition) is 2. The smallest absolute Gasteiger partial charge is 0.253 e. The molecule has 5 aromatic rings. The molecule has 194 valence electrons. The van der Waals surface area contributed by atoms with Crippen LogP contribution in [-0.4, -0.2) is 6.71 Å². The fourth-order valence-corrected chi connectivity index (χ4v) is 7.23. The molecule has 3 heterocycles. The Hall–Kier alpha value is -4.24. The summed E-state index contributed by atoms with van der Waals surface area (Å²) in [5.41, 5.74) is 18.9. The second-order valence-corrected chi connectivity index (χ2v) is 11.7. The molecule has 3 aliphatic heterocycles. The molecule has 5 aromatic carbocycles. The predicted octanol–water partition coefficient (Wildman–Crippen LogP) is 8.00. The Morgan fingerprint density at radius 3 is 1.40 bits per heavy atom. The molecule has 40 heavy (non-hydrogen) atoms. The molecule has 3 heteroatoms. The van der Waals surface area contributed by atoms with E-state index < -0.39 is 0 Å². The van der Waals surface area contributed by atoms with Gasteiger partial charge in [-0.25, -0.2) is 0 Å². The van der Waals surface area contributed by atoms with E-state index >= 15 is 0 Å². The van der Waals surface area contributed by atoms with Crippen LogP contribution < -0.4 is 26.2 Å². The second-order valence-electron chi connectivity index (χ2n) is 11.7. The van der Waals surface area contributed by atoms with Gasteiger partial charge in [-0.1, -0.05) is 76.2 Å². The van der Waals surface area contributed by atoms with Gasteiger partial charge in [0.1, 0.15) is 0 Å². The summed E-state index contributed by atoms with van der Waals surface area (Å²) in [6.45, 7) is 9.33. The van der Waals surface area contributed by atoms with E-state index in [1.165, 1.54) is 78.3 Å². The lowest BCUT2D eigenvalue weighted by Crippen LogP contribution is -2.59. The topological polar surface area (TPSA) is 6.48 Å². The lowest BCUT2D eigenvalue weighted by atomic mass is 9.35. The third kappa shape index (κ3) is 3.12. The zero-order valence-corrected chi connectivity index (χ0v) is 23.7. The van der Waals surface area contributed by atoms with Gasteiger partial charge >= 0.3 is 0 Å². The Morgan fingerprint density at radius 2 is 1.00 bits per heavy atom. The van der Waals surface area contributed by atoms with E-state index in [-0.39, 0.29) is 6.71 Å². The quantitative estimate of drug-likeness (QED) is 0.214. The minimum atomic E-state index is 0.251. The first-order chi connectivity index (χ1) is 19.6. The van der Waals surface area contributed by atoms with Crippen LogP contribution in [-0.2, 0) is 12.8 Å². The lowest BCUT2D eigenvalue weighted by molar-refractivity contribution is 0.866. The van der Waals surface area contributed by atoms with Gasteiger partial charge in [0, 0.05) is 34.1 Å². The molecular weight excluding hydrogens is 483 g/mol. The van der Waals surface area contributed by atoms with Crippen molar-refractivity contribution >= 4 is 57.2 Å². The summed E-state index contributed by atoms with van der Waals surface area (Å²) < 4.78 is 0. The highest BCUT2D eigenvalue weighted by Crippen LogP contribution is 2.48. The van der Waals surface area contributed by atoms with Crippen LogP contribution in [0.4, 0.5) is 34.1 Å². The fourth-order valence-electron chi connectivity index (χ4n) is 7.23. The van der Waals surface area contributed by atoms with E-state index in [1.54, 1.807) is 0 Å². The zero-order chi connectivity index (χ0) is 27.1. The number of benzene rings is 5. The molecule has 0 aromatic heterocycles. The highest BCUT2D eigenvalue weighted by molar-refractivity contribution is 7.03. The molecule has 0 atom stereocenters. The molecule has 0 spiro atoms. The van der Waals surface area contributed by atoms with Gasteiger partial charge in [-0.3, -0.25) is 0 Å². The molecule has 8 rings (SSSR count). The summed E-state index contributed by atoms with van der Waals surface area (Å²) >= 11 is 0. The average molecular weight is 516 g/mol. The van der Waals surface area contributed by atoms with Gasteiger partial charge < -0.3 is 9.80 Å². The van der Waals surface area contributed by atoms with Crippen molar-refractivity contribution in [3.8, 4) is 11.1 Å². The number of hydrogen-bond donors (Lipinski definition) is 0. The Labute approximate surface area is 238 Å². The van der Waals surface area contributed by atoms with E-state index in [2.05, 4.69) is 135 Å². The average Bonchev–Trinajstić information content (AvgIpc) is 3.34. The first-order valence-corrected chi connectivity index (χ1v) is 14.8. The number of anilines is 6. The number of nitrogens with zero attached hydrogens (tertiary/aromatic N) is 2. The molecule has 0 saturated heterocycles. The molecule has 2 nitrogen and oxygen atoms in total. The number of rotatable bonds is 5. The third-order valence-electron chi connectivity index (χ3n) is 9.32. The summed E-state index contributed by atoms with van der Waals surface area (Å²) in [6.07, 6.45) is 2.09. The highest BCUT2D eigenvalue weighted by atomic mass is 15.2. The molecular formula is C37H33BN2. The van der Waals surface area contributed by atoms with Crippen LogP contribution in [0.5, 0.6) is 0 Å². The first-order valence-electron chi connectivity index (χ1n) is 14.8. The predicted molar refractivity (Wildman–Crippen MR) is 172 cm³/mol. The molecule has 0 aliphatic carbocycles. The van der Waals surface area contributed by atoms with Gasteiger partial charge in [0.15, 0.2) is 0 Å². The van der Waals surface area contributed by atoms with E-state index in [4.69, 9.17) is 0 Å². The SMILES string of the molecule is CCc1ccc(N2c3cccc4c3B3c5c-4cccc5N(c4ccc(CC)cc4)c4cc(C(C)C)cc2c43)cc1. The van der Waals surface area contributed by atoms with Crippen molar-refractivity contribution < 1.29 is 0 Å². The van der Waals surface area contributed by atoms with Gasteiger partial charge in [-0.15, -0.1) is 0 Å². The molecule has 0 radical (unpaired) electrons. The minimum absolute atomic E-state index is 0.251. The van der Waals surface area contributed by atoms with E-state index in [9.17, 15) is 0 Å². The van der Waals surface area contributed by atoms with E-state index in [1.807, 2.05) is 0 Å². The van der Waals surface area contributed by atoms with Crippen LogP contribution in [0.3, 0.4) is 0 Å². The van der Waals surface area contributed by atoms with Gasteiger partial charge in [0.2, 0.25) is 0 Å². The van der Waals surface area contributed by atoms with Gasteiger partial charge in [-0.05, 0) is 111 Å². The minimum Gasteiger partial charge on any atom is -0.311 e. The summed E-state index contributed by atoms with van der Waals surface area (Å²) in [6, 6.07) is 37.2. The largest absolute Gasteiger partial charge is 0.311 e. The van der Waals surface area contributed by atoms with Gasteiger partial charge in [-0.2, -0.15) is 0 Å². The van der Waals surface area contributed by atoms with Crippen molar-refractivity contribution in [1.82, 2.24) is 0 Å². The molecule has 0 fully saturated rings. The summed E-state index contributed by atoms with van der Waals surface area (Å²) in [5.74, 6) is 0.416. The Bertz CT molecular complexity index is 1670. The zero-order valence-electron chi connectivity index (χ0n) is 23.7. The Balaban J connectivity index is 1.48. The van der Waals surface area contributed by atoms with Crippen molar-refractivity contribution in [2.75, 3.05) is 9.80 Å². The van der Waals surface area contributed by atoms with Crippen LogP contribution in [0.2, 0.25) is 0 Å². The molecule has 3 aliphatic rings. The maximum absolute atomic E-state index is 2.54. The monoisotopic (exact) mass is 516 g/mol. The Kier molecular flexibility index (Phi) is 5.10. The second kappa shape index (κ2) is 8.63.